The number of carbonyl (C=O) groups excluding carboxylic acids is 1. The van der Waals surface area contributed by atoms with E-state index in [0.717, 1.165) is 19.3 Å². The molecule has 1 aliphatic heterocycles. The zero-order chi connectivity index (χ0) is 26.9. The first-order valence-electron chi connectivity index (χ1n) is 11.6. The molecule has 2 fully saturated rings. The summed E-state index contributed by atoms with van der Waals surface area (Å²) in [4.78, 5) is 12.0. The fraction of sp³-hybridized carbons (Fsp3) is 0.500. The second kappa shape index (κ2) is 10.4. The van der Waals surface area contributed by atoms with E-state index < -0.39 is 35.6 Å². The zero-order valence-electron chi connectivity index (χ0n) is 19.8. The van der Waals surface area contributed by atoms with Crippen LogP contribution in [0.4, 0.5) is 30.7 Å². The quantitative estimate of drug-likeness (QED) is 0.437. The second-order valence-electron chi connectivity index (χ2n) is 9.99. The van der Waals surface area contributed by atoms with E-state index in [2.05, 4.69) is 5.32 Å². The summed E-state index contributed by atoms with van der Waals surface area (Å²) in [6.45, 7) is 3.15. The highest BCUT2D eigenvalue weighted by atomic mass is 19.4. The van der Waals surface area contributed by atoms with Crippen molar-refractivity contribution in [3.05, 3.63) is 70.5 Å². The Kier molecular flexibility index (Phi) is 8.07. The van der Waals surface area contributed by atoms with Crippen LogP contribution in [0.3, 0.4) is 0 Å². The Morgan fingerprint density at radius 2 is 1.50 bits per heavy atom. The van der Waals surface area contributed by atoms with Gasteiger partial charge in [0.15, 0.2) is 0 Å². The Morgan fingerprint density at radius 3 is 1.94 bits per heavy atom. The molecule has 0 radical (unpaired) electrons. The molecule has 0 aromatic heterocycles. The average molecular weight is 520 g/mol. The van der Waals surface area contributed by atoms with Crippen molar-refractivity contribution >= 4 is 5.91 Å². The van der Waals surface area contributed by atoms with Gasteiger partial charge in [-0.1, -0.05) is 32.4 Å². The molecule has 1 saturated carbocycles. The Bertz CT molecular complexity index is 1030. The Balaban J connectivity index is 0.000000207. The van der Waals surface area contributed by atoms with Crippen molar-refractivity contribution in [3.63, 3.8) is 0 Å². The molecule has 0 bridgehead atoms. The normalized spacial score (nSPS) is 23.7. The maximum Gasteiger partial charge on any atom is 0.416 e. The van der Waals surface area contributed by atoms with Crippen LogP contribution in [0.25, 0.3) is 0 Å². The van der Waals surface area contributed by atoms with E-state index in [4.69, 9.17) is 5.11 Å². The van der Waals surface area contributed by atoms with E-state index in [1.165, 1.54) is 12.0 Å². The molecule has 3 unspecified atom stereocenters. The third kappa shape index (κ3) is 6.57. The van der Waals surface area contributed by atoms with E-state index in [-0.39, 0.29) is 29.2 Å². The van der Waals surface area contributed by atoms with Crippen LogP contribution in [0, 0.1) is 17.2 Å². The summed E-state index contributed by atoms with van der Waals surface area (Å²) in [6, 6.07) is 8.14. The van der Waals surface area contributed by atoms with E-state index in [9.17, 15) is 35.5 Å². The monoisotopic (exact) mass is 519 g/mol. The van der Waals surface area contributed by atoms with Crippen molar-refractivity contribution in [2.24, 2.45) is 11.3 Å². The smallest absolute Gasteiger partial charge is 0.392 e. The fourth-order valence-corrected chi connectivity index (χ4v) is 5.02. The maximum absolute atomic E-state index is 13.1. The first-order valence-corrected chi connectivity index (χ1v) is 11.6. The standard InChI is InChI=1S/C17H22FNO.C9H6F6O/c1-17(2)10-15(19-16(17)20)14-5-3-4-13(14)11-6-8-12(18)9-7-11;10-8(11,12)6-1-5(4-16)2-7(3-6)9(13,14)15/h6-9,13-15H,3-5,10H2,1-2H3,(H,19,20);1-3,16H,4H2. The lowest BCUT2D eigenvalue weighted by Gasteiger charge is -2.26. The molecule has 2 N–H and O–H groups in total. The summed E-state index contributed by atoms with van der Waals surface area (Å²) < 4.78 is 86.4. The molecule has 2 aromatic rings. The van der Waals surface area contributed by atoms with Gasteiger partial charge in [0, 0.05) is 11.5 Å². The van der Waals surface area contributed by atoms with Crippen molar-refractivity contribution < 1.29 is 40.6 Å². The first kappa shape index (κ1) is 28.0. The van der Waals surface area contributed by atoms with E-state index >= 15 is 0 Å². The molecule has 198 valence electrons. The molecule has 2 aliphatic rings. The van der Waals surface area contributed by atoms with Gasteiger partial charge in [-0.3, -0.25) is 4.79 Å². The lowest BCUT2D eigenvalue weighted by Crippen LogP contribution is -2.34. The number of rotatable bonds is 3. The van der Waals surface area contributed by atoms with E-state index in [1.807, 2.05) is 26.0 Å². The highest BCUT2D eigenvalue weighted by molar-refractivity contribution is 5.84. The number of alkyl halides is 6. The molecular weight excluding hydrogens is 491 g/mol. The van der Waals surface area contributed by atoms with Gasteiger partial charge in [0.05, 0.1) is 17.7 Å². The number of aliphatic hydroxyl groups excluding tert-OH is 1. The van der Waals surface area contributed by atoms with Gasteiger partial charge < -0.3 is 10.4 Å². The predicted octanol–water partition coefficient (Wildman–Crippen LogP) is 6.84. The van der Waals surface area contributed by atoms with Gasteiger partial charge in [0.1, 0.15) is 5.82 Å². The summed E-state index contributed by atoms with van der Waals surface area (Å²) in [6.07, 6.45) is -5.34. The largest absolute Gasteiger partial charge is 0.416 e. The van der Waals surface area contributed by atoms with E-state index in [1.54, 1.807) is 12.1 Å². The molecule has 1 aliphatic carbocycles. The molecule has 1 heterocycles. The first-order chi connectivity index (χ1) is 16.6. The topological polar surface area (TPSA) is 49.3 Å². The number of halogens is 7. The van der Waals surface area contributed by atoms with Crippen LogP contribution in [-0.2, 0) is 23.8 Å². The van der Waals surface area contributed by atoms with Crippen molar-refractivity contribution in [1.29, 1.82) is 0 Å². The molecule has 36 heavy (non-hydrogen) atoms. The third-order valence-electron chi connectivity index (χ3n) is 6.88. The number of benzene rings is 2. The van der Waals surface area contributed by atoms with Crippen LogP contribution in [0.2, 0.25) is 0 Å². The third-order valence-corrected chi connectivity index (χ3v) is 6.88. The predicted molar refractivity (Wildman–Crippen MR) is 119 cm³/mol. The number of hydrogen-bond donors (Lipinski definition) is 2. The van der Waals surface area contributed by atoms with Gasteiger partial charge in [-0.15, -0.1) is 0 Å². The summed E-state index contributed by atoms with van der Waals surface area (Å²) in [5.41, 5.74) is -2.31. The van der Waals surface area contributed by atoms with Gasteiger partial charge in [-0.2, -0.15) is 26.3 Å². The summed E-state index contributed by atoms with van der Waals surface area (Å²) in [7, 11) is 0. The summed E-state index contributed by atoms with van der Waals surface area (Å²) in [5.74, 6) is 0.937. The fourth-order valence-electron chi connectivity index (χ4n) is 5.02. The minimum atomic E-state index is -4.87. The van der Waals surface area contributed by atoms with Gasteiger partial charge in [-0.25, -0.2) is 4.39 Å². The molecule has 4 rings (SSSR count). The minimum absolute atomic E-state index is 0.0131. The van der Waals surface area contributed by atoms with Crippen LogP contribution < -0.4 is 5.32 Å². The van der Waals surface area contributed by atoms with Crippen LogP contribution in [0.1, 0.15) is 67.7 Å². The SMILES string of the molecule is CC1(C)CC(C2CCCC2c2ccc(F)cc2)NC1=O.OCc1cc(C(F)(F)F)cc(C(F)(F)F)c1. The molecule has 1 amide bonds. The van der Waals surface area contributed by atoms with Gasteiger partial charge in [0.2, 0.25) is 5.91 Å². The number of amides is 1. The highest BCUT2D eigenvalue weighted by Crippen LogP contribution is 2.45. The second-order valence-corrected chi connectivity index (χ2v) is 9.99. The molecule has 3 nitrogen and oxygen atoms in total. The maximum atomic E-state index is 13.1. The van der Waals surface area contributed by atoms with Crippen molar-refractivity contribution in [2.45, 2.75) is 70.4 Å². The molecule has 1 saturated heterocycles. The average Bonchev–Trinajstić information content (AvgIpc) is 3.37. The Hall–Kier alpha value is -2.62. The number of carbonyl (C=O) groups is 1. The van der Waals surface area contributed by atoms with Gasteiger partial charge >= 0.3 is 12.4 Å². The molecule has 3 atom stereocenters. The minimum Gasteiger partial charge on any atom is -0.392 e. The van der Waals surface area contributed by atoms with Crippen molar-refractivity contribution in [2.75, 3.05) is 0 Å². The molecule has 2 aromatic carbocycles. The summed E-state index contributed by atoms with van der Waals surface area (Å²) in [5, 5.41) is 11.8. The zero-order valence-corrected chi connectivity index (χ0v) is 19.8. The van der Waals surface area contributed by atoms with Crippen LogP contribution in [0.15, 0.2) is 42.5 Å². The lowest BCUT2D eigenvalue weighted by molar-refractivity contribution is -0.143. The van der Waals surface area contributed by atoms with Crippen molar-refractivity contribution in [3.8, 4) is 0 Å². The summed E-state index contributed by atoms with van der Waals surface area (Å²) >= 11 is 0. The molecular formula is C26H28F7NO2. The molecule has 10 heteroatoms. The number of hydrogen-bond acceptors (Lipinski definition) is 2. The van der Waals surface area contributed by atoms with Gasteiger partial charge in [0.25, 0.3) is 0 Å². The molecule has 0 spiro atoms. The van der Waals surface area contributed by atoms with E-state index in [0.29, 0.717) is 24.0 Å². The van der Waals surface area contributed by atoms with Gasteiger partial charge in [-0.05, 0) is 72.6 Å². The Morgan fingerprint density at radius 1 is 0.944 bits per heavy atom. The Labute approximate surface area is 204 Å². The number of aliphatic hydroxyl groups is 1. The van der Waals surface area contributed by atoms with Crippen LogP contribution >= 0.6 is 0 Å². The number of nitrogens with one attached hydrogen (secondary N) is 1. The lowest BCUT2D eigenvalue weighted by atomic mass is 9.80. The van der Waals surface area contributed by atoms with Crippen LogP contribution in [0.5, 0.6) is 0 Å². The highest BCUT2D eigenvalue weighted by Gasteiger charge is 2.45. The van der Waals surface area contributed by atoms with Crippen molar-refractivity contribution in [1.82, 2.24) is 5.32 Å². The van der Waals surface area contributed by atoms with Crippen LogP contribution in [-0.4, -0.2) is 17.1 Å².